The van der Waals surface area contributed by atoms with E-state index >= 15 is 0 Å². The van der Waals surface area contributed by atoms with E-state index in [1.807, 2.05) is 18.3 Å². The number of aromatic nitrogens is 2. The summed E-state index contributed by atoms with van der Waals surface area (Å²) in [6, 6.07) is 3.94. The molecule has 172 valence electrons. The molecule has 8 nitrogen and oxygen atoms in total. The summed E-state index contributed by atoms with van der Waals surface area (Å²) in [7, 11) is 0. The molecule has 2 saturated carbocycles. The topological polar surface area (TPSA) is 109 Å². The number of nitrogens with zero attached hydrogens (tertiary/aromatic N) is 2. The molecule has 2 amide bonds. The minimum atomic E-state index is -0.396. The van der Waals surface area contributed by atoms with Gasteiger partial charge in [0, 0.05) is 35.0 Å². The molecule has 2 aliphatic carbocycles. The van der Waals surface area contributed by atoms with Gasteiger partial charge in [-0.05, 0) is 42.7 Å². The van der Waals surface area contributed by atoms with E-state index < -0.39 is 5.97 Å². The second-order valence-electron chi connectivity index (χ2n) is 9.13. The Hall–Kier alpha value is -2.46. The van der Waals surface area contributed by atoms with Crippen molar-refractivity contribution in [2.24, 2.45) is 29.6 Å². The number of rotatable bonds is 5. The van der Waals surface area contributed by atoms with Gasteiger partial charge >= 0.3 is 10.8 Å². The number of nitrogens with one attached hydrogen (secondary N) is 1. The number of fused-ring (bicyclic) bond motifs is 9. The fourth-order valence-corrected chi connectivity index (χ4v) is 9.56. The van der Waals surface area contributed by atoms with Gasteiger partial charge in [0.1, 0.15) is 0 Å². The van der Waals surface area contributed by atoms with Crippen molar-refractivity contribution >= 4 is 40.9 Å². The molecule has 10 heteroatoms. The maximum absolute atomic E-state index is 13.4. The highest BCUT2D eigenvalue weighted by Crippen LogP contribution is 2.68. The molecule has 4 aliphatic rings. The standard InChI is InChI=1S/C23H23N3O5S2/c1-2-31-13(27)5-7-26-21(28)16-11-8-12(17(16)22(26)29)18-15(11)14(10-4-3-6-24-9-10)19-20(32-18)25-23(30)33-19/h3-4,6,9,11-12,14-18H,2,5,7-8H2,1H3,(H,25,30)/t11-,12-,14-,15+,16+,17+,18-/m1/s1. The van der Waals surface area contributed by atoms with Crippen molar-refractivity contribution in [1.82, 2.24) is 14.9 Å². The number of thioether (sulfide) groups is 1. The lowest BCUT2D eigenvalue weighted by Gasteiger charge is -2.42. The monoisotopic (exact) mass is 485 g/mol. The van der Waals surface area contributed by atoms with Crippen molar-refractivity contribution in [2.45, 2.75) is 36.0 Å². The molecule has 3 fully saturated rings. The number of thiazole rings is 1. The molecule has 0 aromatic carbocycles. The smallest absolute Gasteiger partial charge is 0.307 e. The summed E-state index contributed by atoms with van der Waals surface area (Å²) in [5.41, 5.74) is 1.05. The predicted octanol–water partition coefficient (Wildman–Crippen LogP) is 2.26. The molecule has 6 rings (SSSR count). The molecule has 1 N–H and O–H groups in total. The summed E-state index contributed by atoms with van der Waals surface area (Å²) in [6.45, 7) is 2.09. The van der Waals surface area contributed by atoms with E-state index in [9.17, 15) is 19.2 Å². The van der Waals surface area contributed by atoms with Crippen LogP contribution in [0.1, 0.15) is 36.1 Å². The average Bonchev–Trinajstić information content (AvgIpc) is 3.52. The molecular weight excluding hydrogens is 462 g/mol. The lowest BCUT2D eigenvalue weighted by atomic mass is 9.68. The summed E-state index contributed by atoms with van der Waals surface area (Å²) in [5.74, 6) is -1.09. The Balaban J connectivity index is 1.34. The second-order valence-corrected chi connectivity index (χ2v) is 11.3. The third-order valence-electron chi connectivity index (χ3n) is 7.70. The quantitative estimate of drug-likeness (QED) is 0.511. The number of H-pyrrole nitrogens is 1. The Morgan fingerprint density at radius 1 is 1.24 bits per heavy atom. The van der Waals surface area contributed by atoms with Crippen LogP contribution in [0.3, 0.4) is 0 Å². The fraction of sp³-hybridized carbons (Fsp3) is 0.522. The number of hydrogen-bond donors (Lipinski definition) is 1. The van der Waals surface area contributed by atoms with Gasteiger partial charge in [-0.3, -0.25) is 29.1 Å². The van der Waals surface area contributed by atoms with E-state index in [1.54, 1.807) is 24.9 Å². The van der Waals surface area contributed by atoms with Gasteiger partial charge in [0.2, 0.25) is 11.8 Å². The first-order chi connectivity index (χ1) is 16.0. The Morgan fingerprint density at radius 3 is 2.76 bits per heavy atom. The first-order valence-corrected chi connectivity index (χ1v) is 13.0. The zero-order valence-corrected chi connectivity index (χ0v) is 19.6. The zero-order valence-electron chi connectivity index (χ0n) is 17.9. The molecule has 2 bridgehead atoms. The van der Waals surface area contributed by atoms with Crippen LogP contribution in [0.5, 0.6) is 0 Å². The van der Waals surface area contributed by atoms with Gasteiger partial charge in [-0.25, -0.2) is 0 Å². The van der Waals surface area contributed by atoms with Crippen LogP contribution in [-0.4, -0.2) is 51.1 Å². The van der Waals surface area contributed by atoms with Gasteiger partial charge < -0.3 is 9.72 Å². The van der Waals surface area contributed by atoms with Crippen LogP contribution in [0, 0.1) is 29.6 Å². The molecular formula is C23H23N3O5S2. The lowest BCUT2D eigenvalue weighted by molar-refractivity contribution is -0.145. The van der Waals surface area contributed by atoms with Crippen molar-refractivity contribution in [3.63, 3.8) is 0 Å². The van der Waals surface area contributed by atoms with Crippen molar-refractivity contribution in [3.8, 4) is 0 Å². The highest BCUT2D eigenvalue weighted by atomic mass is 32.2. The van der Waals surface area contributed by atoms with Crippen LogP contribution in [0.25, 0.3) is 0 Å². The van der Waals surface area contributed by atoms with E-state index in [0.29, 0.717) is 0 Å². The van der Waals surface area contributed by atoms with Crippen LogP contribution in [0.2, 0.25) is 0 Å². The maximum Gasteiger partial charge on any atom is 0.307 e. The molecule has 4 heterocycles. The third kappa shape index (κ3) is 3.06. The number of carbonyl (C=O) groups is 3. The molecule has 2 aromatic heterocycles. The number of aromatic amines is 1. The van der Waals surface area contributed by atoms with Gasteiger partial charge in [0.15, 0.2) is 0 Å². The molecule has 7 atom stereocenters. The summed E-state index contributed by atoms with van der Waals surface area (Å²) >= 11 is 2.91. The number of pyridine rings is 1. The Labute approximate surface area is 198 Å². The highest BCUT2D eigenvalue weighted by molar-refractivity contribution is 8.00. The first kappa shape index (κ1) is 21.1. The average molecular weight is 486 g/mol. The number of hydrogen-bond acceptors (Lipinski definition) is 8. The van der Waals surface area contributed by atoms with E-state index in [1.165, 1.54) is 16.2 Å². The summed E-state index contributed by atoms with van der Waals surface area (Å²) in [5, 5.41) is 1.04. The van der Waals surface area contributed by atoms with E-state index in [4.69, 9.17) is 4.74 Å². The Kier molecular flexibility index (Phi) is 4.99. The Morgan fingerprint density at radius 2 is 2.03 bits per heavy atom. The van der Waals surface area contributed by atoms with Crippen LogP contribution < -0.4 is 4.87 Å². The number of imide groups is 1. The van der Waals surface area contributed by atoms with Crippen molar-refractivity contribution < 1.29 is 19.1 Å². The SMILES string of the molecule is CCOC(=O)CCN1C(=O)[C@H]2[C@H]3C[C@@H]([C@@H]2C1=O)[C@H]1[C@@H](c2cccnc2)c2sc(=O)[nH]c2S[C@H]31. The van der Waals surface area contributed by atoms with Crippen molar-refractivity contribution in [1.29, 1.82) is 0 Å². The number of esters is 1. The molecule has 0 spiro atoms. The molecule has 0 radical (unpaired) electrons. The normalized spacial score (nSPS) is 33.7. The van der Waals surface area contributed by atoms with Crippen molar-refractivity contribution in [2.75, 3.05) is 13.2 Å². The first-order valence-electron chi connectivity index (χ1n) is 11.3. The molecule has 0 unspecified atom stereocenters. The molecule has 2 aromatic rings. The molecule has 2 aliphatic heterocycles. The third-order valence-corrected chi connectivity index (χ3v) is 10.3. The summed E-state index contributed by atoms with van der Waals surface area (Å²) in [6.07, 6.45) is 4.45. The van der Waals surface area contributed by atoms with E-state index in [0.717, 1.165) is 21.9 Å². The molecule has 33 heavy (non-hydrogen) atoms. The second kappa shape index (κ2) is 7.80. The number of amides is 2. The zero-order chi connectivity index (χ0) is 22.9. The fourth-order valence-electron chi connectivity index (χ4n) is 6.67. The maximum atomic E-state index is 13.4. The van der Waals surface area contributed by atoms with Gasteiger partial charge in [-0.15, -0.1) is 11.8 Å². The summed E-state index contributed by atoms with van der Waals surface area (Å²) < 4.78 is 4.97. The largest absolute Gasteiger partial charge is 0.466 e. The van der Waals surface area contributed by atoms with E-state index in [2.05, 4.69) is 9.97 Å². The number of likely N-dealkylation sites (tertiary alicyclic amines) is 1. The van der Waals surface area contributed by atoms with Crippen LogP contribution in [-0.2, 0) is 19.1 Å². The Bertz CT molecular complexity index is 1190. The van der Waals surface area contributed by atoms with Crippen LogP contribution in [0.4, 0.5) is 0 Å². The minimum absolute atomic E-state index is 0.0173. The summed E-state index contributed by atoms with van der Waals surface area (Å²) in [4.78, 5) is 60.3. The van der Waals surface area contributed by atoms with Crippen LogP contribution >= 0.6 is 23.1 Å². The predicted molar refractivity (Wildman–Crippen MR) is 121 cm³/mol. The molecule has 1 saturated heterocycles. The van der Waals surface area contributed by atoms with Gasteiger partial charge in [0.25, 0.3) is 0 Å². The highest BCUT2D eigenvalue weighted by Gasteiger charge is 2.69. The van der Waals surface area contributed by atoms with Crippen LogP contribution in [0.15, 0.2) is 34.3 Å². The van der Waals surface area contributed by atoms with E-state index in [-0.39, 0.29) is 77.0 Å². The van der Waals surface area contributed by atoms with Crippen molar-refractivity contribution in [3.05, 3.63) is 44.6 Å². The lowest BCUT2D eigenvalue weighted by Crippen LogP contribution is -2.42. The van der Waals surface area contributed by atoms with Gasteiger partial charge in [-0.1, -0.05) is 17.4 Å². The minimum Gasteiger partial charge on any atom is -0.466 e. The van der Waals surface area contributed by atoms with Gasteiger partial charge in [0.05, 0.1) is 29.9 Å². The number of carbonyl (C=O) groups excluding carboxylic acids is 3. The number of ether oxygens (including phenoxy) is 1. The van der Waals surface area contributed by atoms with Gasteiger partial charge in [-0.2, -0.15) is 0 Å².